The molecule has 2 rings (SSSR count). The Morgan fingerprint density at radius 1 is 1.26 bits per heavy atom. The zero-order valence-electron chi connectivity index (χ0n) is 11.1. The van der Waals surface area contributed by atoms with E-state index in [0.717, 1.165) is 24.3 Å². The molecule has 1 aromatic rings. The highest BCUT2D eigenvalue weighted by Crippen LogP contribution is 2.25. The van der Waals surface area contributed by atoms with Crippen LogP contribution in [0.5, 0.6) is 5.75 Å². The van der Waals surface area contributed by atoms with Crippen LogP contribution in [0.4, 0.5) is 5.69 Å². The summed E-state index contributed by atoms with van der Waals surface area (Å²) in [5.41, 5.74) is 0.765. The van der Waals surface area contributed by atoms with E-state index in [4.69, 9.17) is 9.84 Å². The first-order chi connectivity index (χ1) is 9.28. The number of nitrogens with one attached hydrogen (secondary N) is 1. The quantitative estimate of drug-likeness (QED) is 0.829. The van der Waals surface area contributed by atoms with E-state index < -0.39 is 0 Å². The Balaban J connectivity index is 1.82. The first kappa shape index (κ1) is 13.9. The van der Waals surface area contributed by atoms with Gasteiger partial charge < -0.3 is 15.2 Å². The van der Waals surface area contributed by atoms with E-state index in [-0.39, 0.29) is 12.5 Å². The fourth-order valence-corrected chi connectivity index (χ4v) is 2.28. The van der Waals surface area contributed by atoms with E-state index in [1.54, 1.807) is 0 Å². The van der Waals surface area contributed by atoms with E-state index >= 15 is 0 Å². The second-order valence-electron chi connectivity index (χ2n) is 4.92. The largest absolute Gasteiger partial charge is 0.490 e. The monoisotopic (exact) mass is 263 g/mol. The molecule has 0 atom stereocenters. The zero-order valence-corrected chi connectivity index (χ0v) is 11.1. The van der Waals surface area contributed by atoms with Crippen molar-refractivity contribution in [3.05, 3.63) is 24.3 Å². The molecule has 1 fully saturated rings. The summed E-state index contributed by atoms with van der Waals surface area (Å²) in [6, 6.07) is 7.47. The number of ether oxygens (including phenoxy) is 1. The number of benzene rings is 1. The zero-order chi connectivity index (χ0) is 13.5. The molecule has 0 unspecified atom stereocenters. The molecule has 0 saturated heterocycles. The van der Waals surface area contributed by atoms with Gasteiger partial charge in [-0.3, -0.25) is 4.79 Å². The van der Waals surface area contributed by atoms with Crippen molar-refractivity contribution >= 4 is 11.6 Å². The average Bonchev–Trinajstić information content (AvgIpc) is 2.91. The fourth-order valence-electron chi connectivity index (χ4n) is 2.28. The third-order valence-electron chi connectivity index (χ3n) is 3.30. The number of carbonyl (C=O) groups is 1. The number of aliphatic hydroxyl groups excluding tert-OH is 1. The number of amides is 1. The third kappa shape index (κ3) is 4.56. The summed E-state index contributed by atoms with van der Waals surface area (Å²) in [5, 5.41) is 11.4. The summed E-state index contributed by atoms with van der Waals surface area (Å²) < 4.78 is 5.85. The van der Waals surface area contributed by atoms with Crippen molar-refractivity contribution < 1.29 is 14.6 Å². The predicted octanol–water partition coefficient (Wildman–Crippen LogP) is 2.72. The minimum atomic E-state index is -0.0708. The third-order valence-corrected chi connectivity index (χ3v) is 3.30. The highest BCUT2D eigenvalue weighted by atomic mass is 16.5. The summed E-state index contributed by atoms with van der Waals surface area (Å²) >= 11 is 0. The summed E-state index contributed by atoms with van der Waals surface area (Å²) in [6.07, 6.45) is 5.98. The lowest BCUT2D eigenvalue weighted by molar-refractivity contribution is -0.116. The van der Waals surface area contributed by atoms with E-state index in [9.17, 15) is 4.79 Å². The van der Waals surface area contributed by atoms with Gasteiger partial charge in [0.15, 0.2) is 0 Å². The van der Waals surface area contributed by atoms with Gasteiger partial charge >= 0.3 is 0 Å². The first-order valence-electron chi connectivity index (χ1n) is 6.95. The molecule has 0 bridgehead atoms. The van der Waals surface area contributed by atoms with Crippen LogP contribution in [0, 0.1) is 0 Å². The molecule has 19 heavy (non-hydrogen) atoms. The summed E-state index contributed by atoms with van der Waals surface area (Å²) in [4.78, 5) is 11.5. The molecule has 1 saturated carbocycles. The lowest BCUT2D eigenvalue weighted by atomic mass is 10.2. The highest BCUT2D eigenvalue weighted by molar-refractivity contribution is 5.90. The van der Waals surface area contributed by atoms with Gasteiger partial charge in [-0.2, -0.15) is 0 Å². The second-order valence-corrected chi connectivity index (χ2v) is 4.92. The number of carbonyl (C=O) groups excluding carboxylic acids is 1. The Morgan fingerprint density at radius 2 is 1.95 bits per heavy atom. The van der Waals surface area contributed by atoms with Crippen LogP contribution in [0.25, 0.3) is 0 Å². The minimum Gasteiger partial charge on any atom is -0.490 e. The number of hydrogen-bond acceptors (Lipinski definition) is 3. The van der Waals surface area contributed by atoms with Crippen LogP contribution in [0.15, 0.2) is 24.3 Å². The van der Waals surface area contributed by atoms with Gasteiger partial charge in [0.2, 0.25) is 5.91 Å². The molecule has 0 heterocycles. The van der Waals surface area contributed by atoms with Crippen LogP contribution in [-0.2, 0) is 4.79 Å². The minimum absolute atomic E-state index is 0.0432. The van der Waals surface area contributed by atoms with Crippen LogP contribution in [0.3, 0.4) is 0 Å². The highest BCUT2D eigenvalue weighted by Gasteiger charge is 2.16. The van der Waals surface area contributed by atoms with Crippen LogP contribution < -0.4 is 10.1 Å². The number of aliphatic hydroxyl groups is 1. The van der Waals surface area contributed by atoms with Gasteiger partial charge in [0, 0.05) is 18.7 Å². The van der Waals surface area contributed by atoms with Crippen molar-refractivity contribution in [1.82, 2.24) is 0 Å². The fraction of sp³-hybridized carbons (Fsp3) is 0.533. The molecule has 0 spiro atoms. The van der Waals surface area contributed by atoms with Gasteiger partial charge in [-0.25, -0.2) is 0 Å². The molecule has 1 aliphatic rings. The van der Waals surface area contributed by atoms with Crippen molar-refractivity contribution in [2.45, 2.75) is 44.6 Å². The lowest BCUT2D eigenvalue weighted by Crippen LogP contribution is -2.12. The molecular weight excluding hydrogens is 242 g/mol. The van der Waals surface area contributed by atoms with Gasteiger partial charge in [-0.1, -0.05) is 0 Å². The van der Waals surface area contributed by atoms with E-state index in [1.807, 2.05) is 24.3 Å². The van der Waals surface area contributed by atoms with Crippen LogP contribution in [-0.4, -0.2) is 23.7 Å². The van der Waals surface area contributed by atoms with E-state index in [0.29, 0.717) is 18.9 Å². The summed E-state index contributed by atoms with van der Waals surface area (Å²) in [6.45, 7) is 0.0432. The van der Waals surface area contributed by atoms with Crippen molar-refractivity contribution in [1.29, 1.82) is 0 Å². The average molecular weight is 263 g/mol. The smallest absolute Gasteiger partial charge is 0.224 e. The Bertz CT molecular complexity index is 396. The molecule has 0 aliphatic heterocycles. The van der Waals surface area contributed by atoms with Gasteiger partial charge in [-0.05, 0) is 56.4 Å². The summed E-state index contributed by atoms with van der Waals surface area (Å²) in [7, 11) is 0. The van der Waals surface area contributed by atoms with Crippen LogP contribution >= 0.6 is 0 Å². The van der Waals surface area contributed by atoms with Gasteiger partial charge in [-0.15, -0.1) is 0 Å². The van der Waals surface area contributed by atoms with E-state index in [2.05, 4.69) is 5.32 Å². The molecule has 104 valence electrons. The molecule has 1 aromatic carbocycles. The Hall–Kier alpha value is -1.55. The van der Waals surface area contributed by atoms with Crippen LogP contribution in [0.1, 0.15) is 38.5 Å². The topological polar surface area (TPSA) is 58.6 Å². The maximum atomic E-state index is 11.5. The molecule has 4 nitrogen and oxygen atoms in total. The normalized spacial score (nSPS) is 15.4. The molecule has 0 aromatic heterocycles. The standard InChI is InChI=1S/C15H21NO3/c17-11-3-6-15(18)16-12-7-9-14(10-8-12)19-13-4-1-2-5-13/h7-10,13,17H,1-6,11H2,(H,16,18). The number of rotatable bonds is 6. The second kappa shape index (κ2) is 7.14. The van der Waals surface area contributed by atoms with Crippen LogP contribution in [0.2, 0.25) is 0 Å². The maximum Gasteiger partial charge on any atom is 0.224 e. The Labute approximate surface area is 113 Å². The van der Waals surface area contributed by atoms with Crippen molar-refractivity contribution in [2.75, 3.05) is 11.9 Å². The molecule has 1 aliphatic carbocycles. The van der Waals surface area contributed by atoms with Gasteiger partial charge in [0.05, 0.1) is 6.10 Å². The molecule has 4 heteroatoms. The lowest BCUT2D eigenvalue weighted by Gasteiger charge is -2.13. The molecule has 1 amide bonds. The summed E-state index contributed by atoms with van der Waals surface area (Å²) in [5.74, 6) is 0.791. The van der Waals surface area contributed by atoms with Gasteiger partial charge in [0.1, 0.15) is 5.75 Å². The van der Waals surface area contributed by atoms with Crippen molar-refractivity contribution in [3.8, 4) is 5.75 Å². The van der Waals surface area contributed by atoms with Gasteiger partial charge in [0.25, 0.3) is 0 Å². The molecular formula is C15H21NO3. The Morgan fingerprint density at radius 3 is 2.58 bits per heavy atom. The maximum absolute atomic E-state index is 11.5. The molecule has 0 radical (unpaired) electrons. The first-order valence-corrected chi connectivity index (χ1v) is 6.95. The Kier molecular flexibility index (Phi) is 5.21. The number of hydrogen-bond donors (Lipinski definition) is 2. The number of anilines is 1. The molecule has 2 N–H and O–H groups in total. The SMILES string of the molecule is O=C(CCCO)Nc1ccc(OC2CCCC2)cc1. The predicted molar refractivity (Wildman–Crippen MR) is 74.3 cm³/mol. The van der Waals surface area contributed by atoms with E-state index in [1.165, 1.54) is 12.8 Å². The van der Waals surface area contributed by atoms with Crippen molar-refractivity contribution in [2.24, 2.45) is 0 Å². The van der Waals surface area contributed by atoms with Crippen molar-refractivity contribution in [3.63, 3.8) is 0 Å².